The van der Waals surface area contributed by atoms with E-state index in [9.17, 15) is 13.2 Å². The fourth-order valence-corrected chi connectivity index (χ4v) is 5.10. The first-order chi connectivity index (χ1) is 15.7. The lowest BCUT2D eigenvalue weighted by Gasteiger charge is -2.24. The zero-order valence-electron chi connectivity index (χ0n) is 19.1. The van der Waals surface area contributed by atoms with Gasteiger partial charge in [0.1, 0.15) is 6.54 Å². The van der Waals surface area contributed by atoms with Gasteiger partial charge < -0.3 is 5.32 Å². The molecule has 174 valence electrons. The Morgan fingerprint density at radius 3 is 2.18 bits per heavy atom. The number of rotatable bonds is 9. The first-order valence-corrected chi connectivity index (χ1v) is 12.8. The van der Waals surface area contributed by atoms with Crippen molar-refractivity contribution in [2.45, 2.75) is 45.1 Å². The third-order valence-corrected chi connectivity index (χ3v) is 7.59. The van der Waals surface area contributed by atoms with Crippen LogP contribution in [0.1, 0.15) is 36.1 Å². The topological polar surface area (TPSA) is 66.5 Å². The lowest BCUT2D eigenvalue weighted by atomic mass is 10.0. The van der Waals surface area contributed by atoms with Crippen molar-refractivity contribution < 1.29 is 13.2 Å². The van der Waals surface area contributed by atoms with Gasteiger partial charge >= 0.3 is 0 Å². The molecule has 5 nitrogen and oxygen atoms in total. The summed E-state index contributed by atoms with van der Waals surface area (Å²) in [7, 11) is -3.97. The van der Waals surface area contributed by atoms with Crippen LogP contribution < -0.4 is 9.62 Å². The highest BCUT2D eigenvalue weighted by atomic mass is 35.5. The van der Waals surface area contributed by atoms with Gasteiger partial charge in [-0.2, -0.15) is 0 Å². The molecule has 1 N–H and O–H groups in total. The Bertz CT molecular complexity index is 1210. The molecule has 0 aromatic heterocycles. The number of benzene rings is 3. The summed E-state index contributed by atoms with van der Waals surface area (Å²) in [6, 6.07) is 19.3. The van der Waals surface area contributed by atoms with Crippen LogP contribution in [0.5, 0.6) is 0 Å². The highest BCUT2D eigenvalue weighted by Crippen LogP contribution is 2.25. The summed E-state index contributed by atoms with van der Waals surface area (Å²) in [5.41, 5.74) is 4.83. The number of halogens is 1. The maximum Gasteiger partial charge on any atom is 0.264 e. The first kappa shape index (κ1) is 24.8. The molecule has 3 rings (SSSR count). The van der Waals surface area contributed by atoms with Gasteiger partial charge in [-0.1, -0.05) is 61.3 Å². The van der Waals surface area contributed by atoms with E-state index < -0.39 is 10.0 Å². The monoisotopic (exact) mass is 484 g/mol. The molecular weight excluding hydrogens is 456 g/mol. The number of hydrogen-bond acceptors (Lipinski definition) is 3. The van der Waals surface area contributed by atoms with E-state index in [-0.39, 0.29) is 17.3 Å². The third-order valence-electron chi connectivity index (χ3n) is 5.55. The lowest BCUT2D eigenvalue weighted by Crippen LogP contribution is -2.40. The van der Waals surface area contributed by atoms with Gasteiger partial charge in [0.25, 0.3) is 10.0 Å². The quantitative estimate of drug-likeness (QED) is 0.449. The molecule has 7 heteroatoms. The average Bonchev–Trinajstić information content (AvgIpc) is 2.81. The molecule has 0 fully saturated rings. The number of hydrogen-bond donors (Lipinski definition) is 1. The molecule has 0 aliphatic rings. The molecule has 0 aliphatic carbocycles. The van der Waals surface area contributed by atoms with E-state index in [1.54, 1.807) is 12.1 Å². The van der Waals surface area contributed by atoms with Crippen LogP contribution in [0.2, 0.25) is 5.02 Å². The minimum Gasteiger partial charge on any atom is -0.350 e. The van der Waals surface area contributed by atoms with Crippen LogP contribution in [-0.2, 0) is 34.2 Å². The molecule has 1 amide bonds. The Hall–Kier alpha value is -2.83. The number of nitrogens with one attached hydrogen (secondary N) is 1. The first-order valence-electron chi connectivity index (χ1n) is 11.0. The van der Waals surface area contributed by atoms with Crippen molar-refractivity contribution in [1.82, 2.24) is 5.32 Å². The van der Waals surface area contributed by atoms with Crippen molar-refractivity contribution in [3.8, 4) is 0 Å². The third kappa shape index (κ3) is 6.15. The number of aryl methyl sites for hydroxylation is 3. The zero-order valence-corrected chi connectivity index (χ0v) is 20.7. The Balaban J connectivity index is 1.85. The van der Waals surface area contributed by atoms with Crippen LogP contribution in [0.15, 0.2) is 71.6 Å². The molecule has 0 aliphatic heterocycles. The largest absolute Gasteiger partial charge is 0.350 e. The van der Waals surface area contributed by atoms with Crippen molar-refractivity contribution in [3.05, 3.63) is 94.0 Å². The predicted octanol–water partition coefficient (Wildman–Crippen LogP) is 5.28. The van der Waals surface area contributed by atoms with Gasteiger partial charge in [-0.05, 0) is 72.9 Å². The van der Waals surface area contributed by atoms with Crippen molar-refractivity contribution in [2.24, 2.45) is 0 Å². The summed E-state index contributed by atoms with van der Waals surface area (Å²) in [5, 5.41) is 3.34. The molecule has 0 radical (unpaired) electrons. The van der Waals surface area contributed by atoms with Crippen molar-refractivity contribution in [1.29, 1.82) is 0 Å². The fourth-order valence-electron chi connectivity index (χ4n) is 3.55. The molecule has 3 aromatic carbocycles. The summed E-state index contributed by atoms with van der Waals surface area (Å²) in [6.45, 7) is 6.10. The second kappa shape index (κ2) is 10.9. The zero-order chi connectivity index (χ0) is 24.0. The Morgan fingerprint density at radius 1 is 0.909 bits per heavy atom. The normalized spacial score (nSPS) is 11.3. The van der Waals surface area contributed by atoms with Crippen LogP contribution in [0, 0.1) is 6.92 Å². The van der Waals surface area contributed by atoms with Crippen LogP contribution in [0.4, 0.5) is 5.69 Å². The van der Waals surface area contributed by atoms with Crippen LogP contribution in [0.3, 0.4) is 0 Å². The summed E-state index contributed by atoms with van der Waals surface area (Å²) >= 11 is 5.93. The molecule has 0 heterocycles. The second-order valence-corrected chi connectivity index (χ2v) is 10.2. The van der Waals surface area contributed by atoms with Crippen molar-refractivity contribution in [2.75, 3.05) is 10.8 Å². The Kier molecular flexibility index (Phi) is 8.16. The molecule has 33 heavy (non-hydrogen) atoms. The number of sulfonamides is 1. The number of carbonyl (C=O) groups is 1. The second-order valence-electron chi connectivity index (χ2n) is 7.89. The highest BCUT2D eigenvalue weighted by molar-refractivity contribution is 7.92. The summed E-state index contributed by atoms with van der Waals surface area (Å²) in [4.78, 5) is 13.0. The van der Waals surface area contributed by atoms with Crippen molar-refractivity contribution >= 4 is 33.2 Å². The van der Waals surface area contributed by atoms with Gasteiger partial charge in [-0.3, -0.25) is 9.10 Å². The highest BCUT2D eigenvalue weighted by Gasteiger charge is 2.27. The van der Waals surface area contributed by atoms with Gasteiger partial charge in [0.05, 0.1) is 10.6 Å². The maximum absolute atomic E-state index is 13.4. The molecule has 0 atom stereocenters. The standard InChI is InChI=1S/C26H29ClN2O3S/c1-4-20-8-9-21(5-2)22(16-20)17-28-26(30)18-29(24-12-6-19(3)7-13-24)33(31,32)25-14-10-23(27)11-15-25/h6-16H,4-5,17-18H2,1-3H3,(H,28,30). The van der Waals surface area contributed by atoms with Crippen LogP contribution >= 0.6 is 11.6 Å². The number of amides is 1. The van der Waals surface area contributed by atoms with Gasteiger partial charge in [-0.25, -0.2) is 8.42 Å². The van der Waals surface area contributed by atoms with Gasteiger partial charge in [0.2, 0.25) is 5.91 Å². The Morgan fingerprint density at radius 2 is 1.58 bits per heavy atom. The van der Waals surface area contributed by atoms with E-state index in [0.717, 1.165) is 33.8 Å². The fraction of sp³-hybridized carbons (Fsp3) is 0.269. The van der Waals surface area contributed by atoms with E-state index in [1.807, 2.05) is 19.1 Å². The van der Waals surface area contributed by atoms with E-state index in [1.165, 1.54) is 29.8 Å². The summed E-state index contributed by atoms with van der Waals surface area (Å²) < 4.78 is 28.0. The van der Waals surface area contributed by atoms with Crippen LogP contribution in [-0.4, -0.2) is 20.9 Å². The smallest absolute Gasteiger partial charge is 0.264 e. The molecule has 0 spiro atoms. The maximum atomic E-state index is 13.4. The predicted molar refractivity (Wildman–Crippen MR) is 134 cm³/mol. The Labute approximate surface area is 201 Å². The molecule has 0 saturated carbocycles. The molecule has 0 bridgehead atoms. The van der Waals surface area contributed by atoms with E-state index in [2.05, 4.69) is 37.4 Å². The number of carbonyl (C=O) groups excluding carboxylic acids is 1. The number of anilines is 1. The van der Waals surface area contributed by atoms with E-state index in [4.69, 9.17) is 11.6 Å². The molecule has 3 aromatic rings. The van der Waals surface area contributed by atoms with Gasteiger partial charge in [0.15, 0.2) is 0 Å². The SMILES string of the molecule is CCc1ccc(CC)c(CNC(=O)CN(c2ccc(C)cc2)S(=O)(=O)c2ccc(Cl)cc2)c1. The summed E-state index contributed by atoms with van der Waals surface area (Å²) in [5.74, 6) is -0.378. The van der Waals surface area contributed by atoms with Gasteiger partial charge in [-0.15, -0.1) is 0 Å². The number of nitrogens with zero attached hydrogens (tertiary/aromatic N) is 1. The van der Waals surface area contributed by atoms with E-state index >= 15 is 0 Å². The average molecular weight is 485 g/mol. The molecule has 0 saturated heterocycles. The van der Waals surface area contributed by atoms with Crippen molar-refractivity contribution in [3.63, 3.8) is 0 Å². The summed E-state index contributed by atoms with van der Waals surface area (Å²) in [6.07, 6.45) is 1.76. The van der Waals surface area contributed by atoms with Crippen LogP contribution in [0.25, 0.3) is 0 Å². The van der Waals surface area contributed by atoms with E-state index in [0.29, 0.717) is 17.3 Å². The molecule has 0 unspecified atom stereocenters. The molecular formula is C26H29ClN2O3S. The minimum absolute atomic E-state index is 0.0733. The van der Waals surface area contributed by atoms with Gasteiger partial charge in [0, 0.05) is 11.6 Å². The minimum atomic E-state index is -3.97. The lowest BCUT2D eigenvalue weighted by molar-refractivity contribution is -0.119.